The summed E-state index contributed by atoms with van der Waals surface area (Å²) in [6.07, 6.45) is 4.30. The molecule has 2 heterocycles. The number of urea groups is 1. The Bertz CT molecular complexity index is 481. The number of hydrogen-bond donors (Lipinski definition) is 1. The van der Waals surface area contributed by atoms with E-state index < -0.39 is 0 Å². The molecule has 0 spiro atoms. The first-order chi connectivity index (χ1) is 8.63. The highest BCUT2D eigenvalue weighted by Gasteiger charge is 2.41. The van der Waals surface area contributed by atoms with Crippen molar-refractivity contribution < 1.29 is 4.79 Å². The van der Waals surface area contributed by atoms with Crippen molar-refractivity contribution in [2.24, 2.45) is 11.8 Å². The van der Waals surface area contributed by atoms with Crippen molar-refractivity contribution >= 4 is 23.3 Å². The maximum atomic E-state index is 12.0. The van der Waals surface area contributed by atoms with Crippen LogP contribution in [-0.4, -0.2) is 29.0 Å². The zero-order valence-electron chi connectivity index (χ0n) is 10.3. The number of hydrogen-bond acceptors (Lipinski definition) is 2. The number of carbonyl (C=O) groups is 1. The summed E-state index contributed by atoms with van der Waals surface area (Å²) in [5.41, 5.74) is 1.67. The number of pyridine rings is 1. The van der Waals surface area contributed by atoms with E-state index in [1.54, 1.807) is 12.3 Å². The number of aryl methyl sites for hydroxylation is 1. The predicted octanol–water partition coefficient (Wildman–Crippen LogP) is 2.92. The second-order valence-corrected chi connectivity index (χ2v) is 5.64. The number of anilines is 1. The van der Waals surface area contributed by atoms with E-state index in [1.807, 2.05) is 11.8 Å². The first kappa shape index (κ1) is 11.8. The van der Waals surface area contributed by atoms with E-state index >= 15 is 0 Å². The number of amides is 2. The average Bonchev–Trinajstić information content (AvgIpc) is 3.04. The smallest absolute Gasteiger partial charge is 0.321 e. The quantitative estimate of drug-likeness (QED) is 0.836. The van der Waals surface area contributed by atoms with Crippen LogP contribution in [0.1, 0.15) is 18.4 Å². The van der Waals surface area contributed by atoms with Gasteiger partial charge in [0.2, 0.25) is 0 Å². The van der Waals surface area contributed by atoms with Crippen LogP contribution in [0.15, 0.2) is 12.3 Å². The lowest BCUT2D eigenvalue weighted by atomic mass is 9.95. The van der Waals surface area contributed by atoms with Crippen molar-refractivity contribution in [3.8, 4) is 0 Å². The fourth-order valence-corrected chi connectivity index (χ4v) is 2.60. The SMILES string of the molecule is Cc1cc(Cl)ncc1NC(=O)N1CC(C2CC2)C1. The predicted molar refractivity (Wildman–Crippen MR) is 70.8 cm³/mol. The number of rotatable bonds is 2. The van der Waals surface area contributed by atoms with Gasteiger partial charge in [0.15, 0.2) is 0 Å². The topological polar surface area (TPSA) is 45.2 Å². The van der Waals surface area contributed by atoms with Gasteiger partial charge in [-0.25, -0.2) is 9.78 Å². The van der Waals surface area contributed by atoms with Gasteiger partial charge in [-0.1, -0.05) is 11.6 Å². The van der Waals surface area contributed by atoms with Crippen molar-refractivity contribution in [2.45, 2.75) is 19.8 Å². The molecular weight excluding hydrogens is 250 g/mol. The summed E-state index contributed by atoms with van der Waals surface area (Å²) >= 11 is 5.78. The van der Waals surface area contributed by atoms with Crippen molar-refractivity contribution in [3.05, 3.63) is 23.0 Å². The van der Waals surface area contributed by atoms with Crippen molar-refractivity contribution in [2.75, 3.05) is 18.4 Å². The lowest BCUT2D eigenvalue weighted by Gasteiger charge is -2.39. The lowest BCUT2D eigenvalue weighted by molar-refractivity contribution is 0.118. The summed E-state index contributed by atoms with van der Waals surface area (Å²) < 4.78 is 0. The van der Waals surface area contributed by atoms with Crippen LogP contribution in [0.4, 0.5) is 10.5 Å². The van der Waals surface area contributed by atoms with Crippen molar-refractivity contribution in [3.63, 3.8) is 0 Å². The van der Waals surface area contributed by atoms with E-state index in [9.17, 15) is 4.79 Å². The zero-order valence-corrected chi connectivity index (χ0v) is 11.1. The molecule has 1 N–H and O–H groups in total. The molecule has 4 nitrogen and oxygen atoms in total. The molecule has 2 fully saturated rings. The van der Waals surface area contributed by atoms with Crippen LogP contribution in [0, 0.1) is 18.8 Å². The monoisotopic (exact) mass is 265 g/mol. The molecule has 2 aliphatic rings. The average molecular weight is 266 g/mol. The van der Waals surface area contributed by atoms with Gasteiger partial charge in [0.25, 0.3) is 0 Å². The highest BCUT2D eigenvalue weighted by Crippen LogP contribution is 2.41. The Kier molecular flexibility index (Phi) is 2.90. The minimum Gasteiger partial charge on any atom is -0.324 e. The molecule has 1 aromatic rings. The summed E-state index contributed by atoms with van der Waals surface area (Å²) in [4.78, 5) is 17.8. The van der Waals surface area contributed by atoms with Crippen LogP contribution in [0.3, 0.4) is 0 Å². The van der Waals surface area contributed by atoms with Gasteiger partial charge in [0.05, 0.1) is 11.9 Å². The molecule has 0 bridgehead atoms. The van der Waals surface area contributed by atoms with Crippen molar-refractivity contribution in [1.29, 1.82) is 0 Å². The molecule has 5 heteroatoms. The van der Waals surface area contributed by atoms with Crippen LogP contribution in [-0.2, 0) is 0 Å². The van der Waals surface area contributed by atoms with E-state index in [0.29, 0.717) is 5.15 Å². The van der Waals surface area contributed by atoms with Gasteiger partial charge in [-0.2, -0.15) is 0 Å². The molecule has 0 radical (unpaired) electrons. The van der Waals surface area contributed by atoms with E-state index in [1.165, 1.54) is 12.8 Å². The molecule has 0 unspecified atom stereocenters. The summed E-state index contributed by atoms with van der Waals surface area (Å²) in [5.74, 6) is 1.62. The second kappa shape index (κ2) is 4.43. The number of nitrogens with one attached hydrogen (secondary N) is 1. The molecule has 1 aromatic heterocycles. The van der Waals surface area contributed by atoms with Gasteiger partial charge in [-0.15, -0.1) is 0 Å². The molecule has 1 saturated carbocycles. The molecule has 1 aliphatic heterocycles. The number of aromatic nitrogens is 1. The number of halogens is 1. The Morgan fingerprint density at radius 2 is 2.17 bits per heavy atom. The maximum Gasteiger partial charge on any atom is 0.321 e. The number of carbonyl (C=O) groups excluding carboxylic acids is 1. The first-order valence-corrected chi connectivity index (χ1v) is 6.69. The number of nitrogens with zero attached hydrogens (tertiary/aromatic N) is 2. The molecule has 0 atom stereocenters. The fraction of sp³-hybridized carbons (Fsp3) is 0.538. The number of likely N-dealkylation sites (tertiary alicyclic amines) is 1. The highest BCUT2D eigenvalue weighted by atomic mass is 35.5. The van der Waals surface area contributed by atoms with Crippen LogP contribution < -0.4 is 5.32 Å². The van der Waals surface area contributed by atoms with E-state index in [2.05, 4.69) is 10.3 Å². The molecule has 96 valence electrons. The third-order valence-corrected chi connectivity index (χ3v) is 4.01. The van der Waals surface area contributed by atoms with E-state index in [4.69, 9.17) is 11.6 Å². The Morgan fingerprint density at radius 3 is 2.78 bits per heavy atom. The van der Waals surface area contributed by atoms with Gasteiger partial charge in [-0.05, 0) is 43.2 Å². The Morgan fingerprint density at radius 1 is 1.44 bits per heavy atom. The Balaban J connectivity index is 1.57. The molecule has 2 amide bonds. The van der Waals surface area contributed by atoms with E-state index in [-0.39, 0.29) is 6.03 Å². The third-order valence-electron chi connectivity index (χ3n) is 3.80. The summed E-state index contributed by atoms with van der Waals surface area (Å²) in [6, 6.07) is 1.72. The van der Waals surface area contributed by atoms with Crippen molar-refractivity contribution in [1.82, 2.24) is 9.88 Å². The van der Waals surface area contributed by atoms with Gasteiger partial charge >= 0.3 is 6.03 Å². The van der Waals surface area contributed by atoms with Crippen LogP contribution in [0.25, 0.3) is 0 Å². The molecular formula is C13H16ClN3O. The van der Waals surface area contributed by atoms with Gasteiger partial charge in [0.1, 0.15) is 5.15 Å². The first-order valence-electron chi connectivity index (χ1n) is 6.31. The maximum absolute atomic E-state index is 12.0. The minimum atomic E-state index is -0.0286. The summed E-state index contributed by atoms with van der Waals surface area (Å²) in [6.45, 7) is 3.71. The molecule has 1 aliphatic carbocycles. The second-order valence-electron chi connectivity index (χ2n) is 5.25. The Hall–Kier alpha value is -1.29. The zero-order chi connectivity index (χ0) is 12.7. The summed E-state index contributed by atoms with van der Waals surface area (Å²) in [5, 5.41) is 3.33. The standard InChI is InChI=1S/C13H16ClN3O/c1-8-4-12(14)15-5-11(8)16-13(18)17-6-10(7-17)9-2-3-9/h4-5,9-10H,2-3,6-7H2,1H3,(H,16,18). The van der Waals surface area contributed by atoms with Crippen LogP contribution in [0.5, 0.6) is 0 Å². The van der Waals surface area contributed by atoms with Gasteiger partial charge in [0, 0.05) is 13.1 Å². The normalized spacial score (nSPS) is 19.6. The largest absolute Gasteiger partial charge is 0.324 e. The van der Waals surface area contributed by atoms with Crippen LogP contribution >= 0.6 is 11.6 Å². The fourth-order valence-electron chi connectivity index (χ4n) is 2.39. The van der Waals surface area contributed by atoms with Gasteiger partial charge < -0.3 is 10.2 Å². The Labute approximate surface area is 111 Å². The lowest BCUT2D eigenvalue weighted by Crippen LogP contribution is -2.52. The molecule has 0 aromatic carbocycles. The molecule has 3 rings (SSSR count). The summed E-state index contributed by atoms with van der Waals surface area (Å²) in [7, 11) is 0. The molecule has 1 saturated heterocycles. The minimum absolute atomic E-state index is 0.0286. The van der Waals surface area contributed by atoms with E-state index in [0.717, 1.165) is 36.2 Å². The van der Waals surface area contributed by atoms with Gasteiger partial charge in [-0.3, -0.25) is 0 Å². The highest BCUT2D eigenvalue weighted by molar-refractivity contribution is 6.29. The third kappa shape index (κ3) is 2.29. The molecule has 18 heavy (non-hydrogen) atoms. The van der Waals surface area contributed by atoms with Crippen LogP contribution in [0.2, 0.25) is 5.15 Å².